The lowest BCUT2D eigenvalue weighted by molar-refractivity contribution is 0.681. The molecule has 0 aliphatic carbocycles. The number of thiazole rings is 1. The Hall–Kier alpha value is -2.09. The van der Waals surface area contributed by atoms with Gasteiger partial charge in [0, 0.05) is 29.8 Å². The molecule has 0 saturated heterocycles. The van der Waals surface area contributed by atoms with Crippen LogP contribution in [-0.4, -0.2) is 27.0 Å². The molecule has 1 N–H and O–H groups in total. The first-order chi connectivity index (χ1) is 14.1. The SMILES string of the molecule is CCCCS(=O)c1sc2nc(-c3nccs3)cc(-c3cccc(C)c3)c2c1NC. The second-order valence-electron chi connectivity index (χ2n) is 6.86. The summed E-state index contributed by atoms with van der Waals surface area (Å²) < 4.78 is 13.9. The Morgan fingerprint density at radius 2 is 2.10 bits per heavy atom. The van der Waals surface area contributed by atoms with Gasteiger partial charge in [-0.15, -0.1) is 22.7 Å². The van der Waals surface area contributed by atoms with E-state index in [1.165, 1.54) is 16.9 Å². The van der Waals surface area contributed by atoms with Crippen LogP contribution in [0.4, 0.5) is 5.69 Å². The number of aromatic nitrogens is 2. The Morgan fingerprint density at radius 3 is 2.79 bits per heavy atom. The van der Waals surface area contributed by atoms with Gasteiger partial charge in [-0.3, -0.25) is 4.21 Å². The second-order valence-corrected chi connectivity index (χ2v) is 10.5. The topological polar surface area (TPSA) is 54.9 Å². The zero-order valence-corrected chi connectivity index (χ0v) is 19.1. The first-order valence-corrected chi connectivity index (χ1v) is 12.6. The molecule has 4 aromatic rings. The number of fused-ring (bicyclic) bond motifs is 1. The van der Waals surface area contributed by atoms with Crippen molar-refractivity contribution in [2.45, 2.75) is 30.9 Å². The lowest BCUT2D eigenvalue weighted by Crippen LogP contribution is -1.99. The molecule has 4 nitrogen and oxygen atoms in total. The molecule has 0 saturated carbocycles. The van der Waals surface area contributed by atoms with Gasteiger partial charge in [-0.1, -0.05) is 43.2 Å². The van der Waals surface area contributed by atoms with Crippen molar-refractivity contribution in [1.29, 1.82) is 0 Å². The summed E-state index contributed by atoms with van der Waals surface area (Å²) >= 11 is 3.12. The van der Waals surface area contributed by atoms with Crippen LogP contribution in [0.1, 0.15) is 25.3 Å². The molecule has 0 amide bonds. The first-order valence-electron chi connectivity index (χ1n) is 9.63. The van der Waals surface area contributed by atoms with Crippen molar-refractivity contribution in [3.63, 3.8) is 0 Å². The standard InChI is InChI=1S/C22H23N3OS3/c1-4-5-11-29(26)22-19(23-3)18-16(15-8-6-7-14(2)12-15)13-17(25-21(18)28-22)20-24-9-10-27-20/h6-10,12-13,23H,4-5,11H2,1-3H3. The predicted molar refractivity (Wildman–Crippen MR) is 127 cm³/mol. The summed E-state index contributed by atoms with van der Waals surface area (Å²) in [6.45, 7) is 4.22. The van der Waals surface area contributed by atoms with E-state index in [4.69, 9.17) is 4.98 Å². The van der Waals surface area contributed by atoms with E-state index >= 15 is 0 Å². The minimum atomic E-state index is -1.04. The quantitative estimate of drug-likeness (QED) is 0.363. The molecular formula is C22H23N3OS3. The second kappa shape index (κ2) is 8.73. The maximum Gasteiger partial charge on any atom is 0.141 e. The minimum Gasteiger partial charge on any atom is -0.386 e. The molecule has 1 atom stereocenters. The van der Waals surface area contributed by atoms with Crippen LogP contribution >= 0.6 is 22.7 Å². The molecule has 0 aliphatic heterocycles. The van der Waals surface area contributed by atoms with Crippen molar-refractivity contribution in [2.24, 2.45) is 0 Å². The van der Waals surface area contributed by atoms with Gasteiger partial charge in [0.1, 0.15) is 19.7 Å². The van der Waals surface area contributed by atoms with Gasteiger partial charge < -0.3 is 5.32 Å². The molecule has 0 bridgehead atoms. The normalized spacial score (nSPS) is 12.4. The number of benzene rings is 1. The number of unbranched alkanes of at least 4 members (excludes halogenated alkanes) is 1. The van der Waals surface area contributed by atoms with Crippen molar-refractivity contribution >= 4 is 49.4 Å². The lowest BCUT2D eigenvalue weighted by atomic mass is 10.0. The highest BCUT2D eigenvalue weighted by molar-refractivity contribution is 7.87. The number of thiophene rings is 1. The summed E-state index contributed by atoms with van der Waals surface area (Å²) in [5.41, 5.74) is 5.24. The zero-order valence-electron chi connectivity index (χ0n) is 16.7. The number of rotatable bonds is 7. The molecule has 1 unspecified atom stereocenters. The fraction of sp³-hybridized carbons (Fsp3) is 0.273. The Labute approximate surface area is 181 Å². The number of hydrogen-bond acceptors (Lipinski definition) is 6. The third kappa shape index (κ3) is 3.99. The third-order valence-corrected chi connectivity index (χ3v) is 8.51. The van der Waals surface area contributed by atoms with Crippen LogP contribution in [0, 0.1) is 6.92 Å². The highest BCUT2D eigenvalue weighted by Crippen LogP contribution is 2.44. The van der Waals surface area contributed by atoms with Gasteiger partial charge in [0.15, 0.2) is 0 Å². The van der Waals surface area contributed by atoms with E-state index in [0.29, 0.717) is 5.75 Å². The van der Waals surface area contributed by atoms with Crippen molar-refractivity contribution < 1.29 is 4.21 Å². The molecule has 0 radical (unpaired) electrons. The van der Waals surface area contributed by atoms with Gasteiger partial charge in [0.25, 0.3) is 0 Å². The van der Waals surface area contributed by atoms with Crippen molar-refractivity contribution in [3.05, 3.63) is 47.5 Å². The highest BCUT2D eigenvalue weighted by Gasteiger charge is 2.22. The van der Waals surface area contributed by atoms with Crippen LogP contribution < -0.4 is 5.32 Å². The van der Waals surface area contributed by atoms with E-state index in [9.17, 15) is 4.21 Å². The van der Waals surface area contributed by atoms with Gasteiger partial charge in [0.05, 0.1) is 16.5 Å². The van der Waals surface area contributed by atoms with E-state index < -0.39 is 10.8 Å². The summed E-state index contributed by atoms with van der Waals surface area (Å²) in [7, 11) is 0.863. The molecule has 4 rings (SSSR count). The minimum absolute atomic E-state index is 0.678. The average molecular weight is 442 g/mol. The fourth-order valence-corrected chi connectivity index (χ4v) is 6.90. The number of anilines is 1. The number of nitrogens with one attached hydrogen (secondary N) is 1. The largest absolute Gasteiger partial charge is 0.386 e. The first kappa shape index (κ1) is 20.2. The molecular weight excluding hydrogens is 418 g/mol. The zero-order chi connectivity index (χ0) is 20.4. The van der Waals surface area contributed by atoms with Crippen LogP contribution in [0.3, 0.4) is 0 Å². The monoisotopic (exact) mass is 441 g/mol. The molecule has 0 fully saturated rings. The Bertz CT molecular complexity index is 1170. The van der Waals surface area contributed by atoms with Crippen LogP contribution in [0.25, 0.3) is 32.0 Å². The van der Waals surface area contributed by atoms with Gasteiger partial charge in [-0.2, -0.15) is 0 Å². The molecule has 0 spiro atoms. The Balaban J connectivity index is 1.99. The molecule has 150 valence electrons. The maximum absolute atomic E-state index is 13.0. The van der Waals surface area contributed by atoms with Crippen molar-refractivity contribution in [3.8, 4) is 21.8 Å². The smallest absolute Gasteiger partial charge is 0.141 e. The Morgan fingerprint density at radius 1 is 1.24 bits per heavy atom. The van der Waals surface area contributed by atoms with E-state index in [1.807, 2.05) is 12.4 Å². The lowest BCUT2D eigenvalue weighted by Gasteiger charge is -2.10. The van der Waals surface area contributed by atoms with Crippen LogP contribution in [-0.2, 0) is 10.8 Å². The van der Waals surface area contributed by atoms with Crippen LogP contribution in [0.5, 0.6) is 0 Å². The van der Waals surface area contributed by atoms with E-state index in [1.54, 1.807) is 17.5 Å². The van der Waals surface area contributed by atoms with Crippen LogP contribution in [0.2, 0.25) is 0 Å². The van der Waals surface area contributed by atoms with Gasteiger partial charge >= 0.3 is 0 Å². The van der Waals surface area contributed by atoms with Crippen molar-refractivity contribution in [1.82, 2.24) is 9.97 Å². The number of pyridine rings is 1. The summed E-state index contributed by atoms with van der Waals surface area (Å²) in [6.07, 6.45) is 3.79. The third-order valence-electron chi connectivity index (χ3n) is 4.75. The number of aryl methyl sites for hydroxylation is 1. The molecule has 7 heteroatoms. The van der Waals surface area contributed by atoms with E-state index in [-0.39, 0.29) is 0 Å². The van der Waals surface area contributed by atoms with E-state index in [2.05, 4.69) is 54.5 Å². The average Bonchev–Trinajstić information content (AvgIpc) is 3.39. The molecule has 3 aromatic heterocycles. The summed E-state index contributed by atoms with van der Waals surface area (Å²) in [4.78, 5) is 10.3. The molecule has 0 aliphatic rings. The number of hydrogen-bond donors (Lipinski definition) is 1. The van der Waals surface area contributed by atoms with Gasteiger partial charge in [0.2, 0.25) is 0 Å². The number of nitrogens with zero attached hydrogens (tertiary/aromatic N) is 2. The highest BCUT2D eigenvalue weighted by atomic mass is 32.2. The van der Waals surface area contributed by atoms with Gasteiger partial charge in [-0.25, -0.2) is 9.97 Å². The predicted octanol–water partition coefficient (Wildman–Crippen LogP) is 6.34. The molecule has 1 aromatic carbocycles. The van der Waals surface area contributed by atoms with Gasteiger partial charge in [-0.05, 0) is 30.5 Å². The van der Waals surface area contributed by atoms with Crippen LogP contribution in [0.15, 0.2) is 46.1 Å². The van der Waals surface area contributed by atoms with Crippen molar-refractivity contribution in [2.75, 3.05) is 18.1 Å². The fourth-order valence-electron chi connectivity index (χ4n) is 3.33. The van der Waals surface area contributed by atoms with E-state index in [0.717, 1.165) is 54.8 Å². The Kier molecular flexibility index (Phi) is 6.08. The summed E-state index contributed by atoms with van der Waals surface area (Å²) in [6, 6.07) is 10.6. The molecule has 29 heavy (non-hydrogen) atoms. The molecule has 3 heterocycles. The summed E-state index contributed by atoms with van der Waals surface area (Å²) in [5, 5.41) is 7.23. The maximum atomic E-state index is 13.0. The summed E-state index contributed by atoms with van der Waals surface area (Å²) in [5.74, 6) is 0.678.